The van der Waals surface area contributed by atoms with Crippen LogP contribution in [-0.2, 0) is 5.75 Å². The number of nitrogens with zero attached hydrogens (tertiary/aromatic N) is 3. The van der Waals surface area contributed by atoms with Gasteiger partial charge >= 0.3 is 0 Å². The van der Waals surface area contributed by atoms with E-state index in [1.54, 1.807) is 0 Å². The SMILES string of the molecule is Cc1cc(Cl)nc(CSc2nc(N)cc(Cl)n2)c1. The summed E-state index contributed by atoms with van der Waals surface area (Å²) in [6.07, 6.45) is 0. The first-order valence-electron chi connectivity index (χ1n) is 5.09. The van der Waals surface area contributed by atoms with Gasteiger partial charge in [0.1, 0.15) is 16.1 Å². The predicted molar refractivity (Wildman–Crippen MR) is 75.0 cm³/mol. The van der Waals surface area contributed by atoms with Gasteiger partial charge in [-0.05, 0) is 24.6 Å². The molecule has 0 atom stereocenters. The molecule has 2 N–H and O–H groups in total. The van der Waals surface area contributed by atoms with E-state index in [9.17, 15) is 0 Å². The number of thioether (sulfide) groups is 1. The van der Waals surface area contributed by atoms with Gasteiger partial charge in [-0.25, -0.2) is 15.0 Å². The molecule has 0 saturated heterocycles. The molecule has 2 heterocycles. The third kappa shape index (κ3) is 3.73. The summed E-state index contributed by atoms with van der Waals surface area (Å²) in [5.74, 6) is 0.967. The highest BCUT2D eigenvalue weighted by Crippen LogP contribution is 2.22. The summed E-state index contributed by atoms with van der Waals surface area (Å²) in [6, 6.07) is 5.28. The summed E-state index contributed by atoms with van der Waals surface area (Å²) in [5.41, 5.74) is 7.53. The Hall–Kier alpha value is -1.04. The molecular formula is C11H10Cl2N4S. The molecule has 0 bridgehead atoms. The van der Waals surface area contributed by atoms with E-state index in [1.807, 2.05) is 19.1 Å². The molecule has 0 unspecified atom stereocenters. The van der Waals surface area contributed by atoms with Gasteiger partial charge < -0.3 is 5.73 Å². The lowest BCUT2D eigenvalue weighted by atomic mass is 10.2. The van der Waals surface area contributed by atoms with Gasteiger partial charge in [-0.2, -0.15) is 0 Å². The summed E-state index contributed by atoms with van der Waals surface area (Å²) in [7, 11) is 0. The van der Waals surface area contributed by atoms with Gasteiger partial charge in [0, 0.05) is 11.8 Å². The van der Waals surface area contributed by atoms with Gasteiger partial charge in [0.05, 0.1) is 5.69 Å². The highest BCUT2D eigenvalue weighted by atomic mass is 35.5. The number of pyridine rings is 1. The average Bonchev–Trinajstić information content (AvgIpc) is 2.23. The van der Waals surface area contributed by atoms with Crippen LogP contribution in [0.15, 0.2) is 23.4 Å². The van der Waals surface area contributed by atoms with Crippen molar-refractivity contribution in [3.05, 3.63) is 39.8 Å². The zero-order valence-electron chi connectivity index (χ0n) is 9.52. The van der Waals surface area contributed by atoms with Crippen LogP contribution in [0.4, 0.5) is 5.82 Å². The lowest BCUT2D eigenvalue weighted by Crippen LogP contribution is -1.96. The van der Waals surface area contributed by atoms with Crippen LogP contribution in [0.2, 0.25) is 10.3 Å². The zero-order chi connectivity index (χ0) is 13.1. The molecular weight excluding hydrogens is 291 g/mol. The van der Waals surface area contributed by atoms with Gasteiger partial charge in [-0.1, -0.05) is 35.0 Å². The number of anilines is 1. The van der Waals surface area contributed by atoms with Crippen LogP contribution in [0.1, 0.15) is 11.3 Å². The van der Waals surface area contributed by atoms with Crippen molar-refractivity contribution in [1.29, 1.82) is 0 Å². The third-order valence-corrected chi connectivity index (χ3v) is 3.30. The van der Waals surface area contributed by atoms with Crippen LogP contribution < -0.4 is 5.73 Å². The van der Waals surface area contributed by atoms with Crippen molar-refractivity contribution in [2.75, 3.05) is 5.73 Å². The number of halogens is 2. The fourth-order valence-electron chi connectivity index (χ4n) is 1.38. The smallest absolute Gasteiger partial charge is 0.191 e. The number of hydrogen-bond acceptors (Lipinski definition) is 5. The van der Waals surface area contributed by atoms with Crippen LogP contribution in [-0.4, -0.2) is 15.0 Å². The molecule has 0 aliphatic heterocycles. The standard InChI is InChI=1S/C11H10Cl2N4S/c1-6-2-7(15-8(12)3-6)5-18-11-16-9(13)4-10(14)17-11/h2-4H,5H2,1H3,(H2,14,16,17). The molecule has 0 aliphatic rings. The Labute approximate surface area is 119 Å². The summed E-state index contributed by atoms with van der Waals surface area (Å²) in [4.78, 5) is 12.4. The van der Waals surface area contributed by atoms with E-state index in [0.717, 1.165) is 11.3 Å². The number of nitrogen functional groups attached to an aromatic ring is 1. The van der Waals surface area contributed by atoms with Gasteiger partial charge in [-0.15, -0.1) is 0 Å². The van der Waals surface area contributed by atoms with Crippen LogP contribution >= 0.6 is 35.0 Å². The molecule has 18 heavy (non-hydrogen) atoms. The van der Waals surface area contributed by atoms with Gasteiger partial charge in [-0.3, -0.25) is 0 Å². The van der Waals surface area contributed by atoms with Crippen molar-refractivity contribution in [1.82, 2.24) is 15.0 Å². The van der Waals surface area contributed by atoms with Crippen LogP contribution in [0.3, 0.4) is 0 Å². The largest absolute Gasteiger partial charge is 0.384 e. The number of nitrogens with two attached hydrogens (primary N) is 1. The van der Waals surface area contributed by atoms with Crippen molar-refractivity contribution in [2.45, 2.75) is 17.8 Å². The molecule has 2 rings (SSSR count). The molecule has 0 aromatic carbocycles. The molecule has 0 spiro atoms. The van der Waals surface area contributed by atoms with E-state index >= 15 is 0 Å². The third-order valence-electron chi connectivity index (χ3n) is 2.03. The van der Waals surface area contributed by atoms with Crippen molar-refractivity contribution in [2.24, 2.45) is 0 Å². The van der Waals surface area contributed by atoms with Crippen LogP contribution in [0, 0.1) is 6.92 Å². The predicted octanol–water partition coefficient (Wildman–Crippen LogP) is 3.36. The summed E-state index contributed by atoms with van der Waals surface area (Å²) < 4.78 is 0. The summed E-state index contributed by atoms with van der Waals surface area (Å²) in [6.45, 7) is 1.97. The Balaban J connectivity index is 2.11. The highest BCUT2D eigenvalue weighted by molar-refractivity contribution is 7.98. The molecule has 94 valence electrons. The molecule has 2 aromatic rings. The van der Waals surface area contributed by atoms with Gasteiger partial charge in [0.15, 0.2) is 5.16 Å². The normalized spacial score (nSPS) is 10.6. The van der Waals surface area contributed by atoms with Crippen LogP contribution in [0.5, 0.6) is 0 Å². The first-order chi connectivity index (χ1) is 8.52. The summed E-state index contributed by atoms with van der Waals surface area (Å²) in [5, 5.41) is 1.34. The number of rotatable bonds is 3. The Bertz CT molecular complexity index is 485. The topological polar surface area (TPSA) is 64.7 Å². The van der Waals surface area contributed by atoms with Crippen molar-refractivity contribution in [3.8, 4) is 0 Å². The van der Waals surface area contributed by atoms with Gasteiger partial charge in [0.25, 0.3) is 0 Å². The fraction of sp³-hybridized carbons (Fsp3) is 0.182. The molecule has 2 aromatic heterocycles. The monoisotopic (exact) mass is 300 g/mol. The summed E-state index contributed by atoms with van der Waals surface area (Å²) >= 11 is 13.1. The first kappa shape index (κ1) is 13.4. The number of hydrogen-bond donors (Lipinski definition) is 1. The lowest BCUT2D eigenvalue weighted by Gasteiger charge is -2.03. The minimum Gasteiger partial charge on any atom is -0.384 e. The molecule has 0 aliphatic carbocycles. The van der Waals surface area contributed by atoms with Crippen LogP contribution in [0.25, 0.3) is 0 Å². The van der Waals surface area contributed by atoms with E-state index in [-0.39, 0.29) is 0 Å². The van der Waals surface area contributed by atoms with Crippen molar-refractivity contribution < 1.29 is 0 Å². The lowest BCUT2D eigenvalue weighted by molar-refractivity contribution is 0.973. The van der Waals surface area contributed by atoms with E-state index in [4.69, 9.17) is 28.9 Å². The number of aryl methyl sites for hydroxylation is 1. The first-order valence-corrected chi connectivity index (χ1v) is 6.83. The average molecular weight is 301 g/mol. The van der Waals surface area contributed by atoms with E-state index in [1.165, 1.54) is 17.8 Å². The Kier molecular flexibility index (Phi) is 4.27. The van der Waals surface area contributed by atoms with Crippen molar-refractivity contribution in [3.63, 3.8) is 0 Å². The maximum absolute atomic E-state index is 5.89. The molecule has 4 nitrogen and oxygen atoms in total. The maximum Gasteiger partial charge on any atom is 0.191 e. The molecule has 0 radical (unpaired) electrons. The molecule has 7 heteroatoms. The molecule has 0 fully saturated rings. The van der Waals surface area contributed by atoms with E-state index < -0.39 is 0 Å². The zero-order valence-corrected chi connectivity index (χ0v) is 11.9. The fourth-order valence-corrected chi connectivity index (χ4v) is 2.66. The van der Waals surface area contributed by atoms with Crippen molar-refractivity contribution >= 4 is 40.8 Å². The highest BCUT2D eigenvalue weighted by Gasteiger charge is 2.05. The quantitative estimate of drug-likeness (QED) is 0.407. The Morgan fingerprint density at radius 2 is 1.83 bits per heavy atom. The second-order valence-electron chi connectivity index (χ2n) is 3.65. The second-order valence-corrected chi connectivity index (χ2v) is 5.36. The molecule has 0 saturated carbocycles. The Morgan fingerprint density at radius 1 is 1.11 bits per heavy atom. The molecule has 0 amide bonds. The van der Waals surface area contributed by atoms with E-state index in [0.29, 0.717) is 27.0 Å². The second kappa shape index (κ2) is 5.73. The minimum atomic E-state index is 0.334. The van der Waals surface area contributed by atoms with Gasteiger partial charge in [0.2, 0.25) is 0 Å². The maximum atomic E-state index is 5.89. The Morgan fingerprint density at radius 3 is 2.50 bits per heavy atom. The van der Waals surface area contributed by atoms with E-state index in [2.05, 4.69) is 15.0 Å². The number of aromatic nitrogens is 3. The minimum absolute atomic E-state index is 0.334.